The standard InChI is InChI=1S/C15H16F3NO5/c1-9(20)10-3-4-12(23-2)11(5-10)6-14(22)24-7-13(21)19-8-15(16,17)18/h3-5H,6-8H2,1-2H3,(H,19,21). The fraction of sp³-hybridized carbons (Fsp3) is 0.400. The molecule has 0 atom stereocenters. The van der Waals surface area contributed by atoms with Gasteiger partial charge in [-0.05, 0) is 25.1 Å². The first-order valence-corrected chi connectivity index (χ1v) is 6.79. The van der Waals surface area contributed by atoms with Gasteiger partial charge < -0.3 is 14.8 Å². The maximum Gasteiger partial charge on any atom is 0.405 e. The van der Waals surface area contributed by atoms with Crippen molar-refractivity contribution in [2.75, 3.05) is 20.3 Å². The summed E-state index contributed by atoms with van der Waals surface area (Å²) in [5.74, 6) is -1.77. The zero-order valence-corrected chi connectivity index (χ0v) is 13.0. The topological polar surface area (TPSA) is 81.7 Å². The van der Waals surface area contributed by atoms with Crippen molar-refractivity contribution in [2.24, 2.45) is 0 Å². The number of carbonyl (C=O) groups excluding carboxylic acids is 3. The van der Waals surface area contributed by atoms with Crippen molar-refractivity contribution in [3.8, 4) is 5.75 Å². The molecule has 0 aliphatic heterocycles. The lowest BCUT2D eigenvalue weighted by Crippen LogP contribution is -2.36. The smallest absolute Gasteiger partial charge is 0.405 e. The summed E-state index contributed by atoms with van der Waals surface area (Å²) in [6.45, 7) is -0.976. The molecule has 24 heavy (non-hydrogen) atoms. The molecule has 1 amide bonds. The zero-order valence-electron chi connectivity index (χ0n) is 13.0. The third-order valence-corrected chi connectivity index (χ3v) is 2.87. The van der Waals surface area contributed by atoms with Crippen LogP contribution in [0, 0.1) is 0 Å². The first-order chi connectivity index (χ1) is 11.1. The van der Waals surface area contributed by atoms with Gasteiger partial charge in [-0.3, -0.25) is 14.4 Å². The van der Waals surface area contributed by atoms with Gasteiger partial charge in [-0.1, -0.05) is 0 Å². The first kappa shape index (κ1) is 19.5. The number of halogens is 3. The van der Waals surface area contributed by atoms with E-state index in [1.807, 2.05) is 0 Å². The normalized spacial score (nSPS) is 10.9. The molecule has 0 fully saturated rings. The van der Waals surface area contributed by atoms with Crippen LogP contribution in [0.5, 0.6) is 5.75 Å². The van der Waals surface area contributed by atoms with E-state index < -0.39 is 31.2 Å². The van der Waals surface area contributed by atoms with Crippen LogP contribution in [0.15, 0.2) is 18.2 Å². The molecule has 1 rings (SSSR count). The van der Waals surface area contributed by atoms with E-state index in [1.165, 1.54) is 32.2 Å². The summed E-state index contributed by atoms with van der Waals surface area (Å²) in [7, 11) is 1.38. The molecule has 0 radical (unpaired) electrons. The van der Waals surface area contributed by atoms with Crippen LogP contribution in [0.4, 0.5) is 13.2 Å². The molecule has 0 aliphatic carbocycles. The molecule has 0 bridgehead atoms. The number of ketones is 1. The van der Waals surface area contributed by atoms with Crippen molar-refractivity contribution in [3.05, 3.63) is 29.3 Å². The third-order valence-electron chi connectivity index (χ3n) is 2.87. The molecule has 0 aliphatic rings. The van der Waals surface area contributed by atoms with E-state index >= 15 is 0 Å². The Balaban J connectivity index is 2.60. The summed E-state index contributed by atoms with van der Waals surface area (Å²) in [5.41, 5.74) is 0.729. The van der Waals surface area contributed by atoms with E-state index in [2.05, 4.69) is 4.74 Å². The number of ether oxygens (including phenoxy) is 2. The number of rotatable bonds is 7. The summed E-state index contributed by atoms with van der Waals surface area (Å²) < 4.78 is 45.4. The van der Waals surface area contributed by atoms with Gasteiger partial charge in [-0.25, -0.2) is 0 Å². The minimum absolute atomic E-state index is 0.209. The summed E-state index contributed by atoms with van der Waals surface area (Å²) in [6, 6.07) is 4.49. The van der Waals surface area contributed by atoms with Crippen LogP contribution in [0.1, 0.15) is 22.8 Å². The van der Waals surface area contributed by atoms with E-state index in [1.54, 1.807) is 5.32 Å². The average Bonchev–Trinajstić information content (AvgIpc) is 2.50. The van der Waals surface area contributed by atoms with E-state index in [9.17, 15) is 27.6 Å². The van der Waals surface area contributed by atoms with Gasteiger partial charge in [0.25, 0.3) is 5.91 Å². The second-order valence-electron chi connectivity index (χ2n) is 4.81. The fourth-order valence-corrected chi connectivity index (χ4v) is 1.74. The van der Waals surface area contributed by atoms with Crippen molar-refractivity contribution in [1.82, 2.24) is 5.32 Å². The van der Waals surface area contributed by atoms with Crippen LogP contribution >= 0.6 is 0 Å². The van der Waals surface area contributed by atoms with Gasteiger partial charge in [0.1, 0.15) is 12.3 Å². The van der Waals surface area contributed by atoms with Gasteiger partial charge in [0.2, 0.25) is 0 Å². The lowest BCUT2D eigenvalue weighted by Gasteiger charge is -2.11. The number of hydrogen-bond acceptors (Lipinski definition) is 5. The first-order valence-electron chi connectivity index (χ1n) is 6.79. The Morgan fingerprint density at radius 2 is 1.88 bits per heavy atom. The minimum atomic E-state index is -4.54. The predicted octanol–water partition coefficient (Wildman–Crippen LogP) is 1.66. The van der Waals surface area contributed by atoms with Crippen molar-refractivity contribution in [2.45, 2.75) is 19.5 Å². The lowest BCUT2D eigenvalue weighted by molar-refractivity contribution is -0.150. The SMILES string of the molecule is COc1ccc(C(C)=O)cc1CC(=O)OCC(=O)NCC(F)(F)F. The van der Waals surface area contributed by atoms with Gasteiger partial charge in [0.05, 0.1) is 13.5 Å². The molecular formula is C15H16F3NO5. The van der Waals surface area contributed by atoms with Crippen LogP contribution in [-0.2, 0) is 20.7 Å². The Morgan fingerprint density at radius 1 is 1.21 bits per heavy atom. The largest absolute Gasteiger partial charge is 0.496 e. The van der Waals surface area contributed by atoms with Crippen LogP contribution in [0.25, 0.3) is 0 Å². The number of nitrogens with one attached hydrogen (secondary N) is 1. The Labute approximate surface area is 135 Å². The summed E-state index contributed by atoms with van der Waals surface area (Å²) in [4.78, 5) is 34.2. The highest BCUT2D eigenvalue weighted by atomic mass is 19.4. The van der Waals surface area contributed by atoms with Crippen molar-refractivity contribution >= 4 is 17.7 Å². The van der Waals surface area contributed by atoms with E-state index in [4.69, 9.17) is 4.74 Å². The molecule has 0 heterocycles. The maximum absolute atomic E-state index is 11.9. The van der Waals surface area contributed by atoms with Crippen LogP contribution in [-0.4, -0.2) is 44.1 Å². The Kier molecular flexibility index (Phi) is 6.75. The number of Topliss-reactive ketones (excluding diaryl/α,β-unsaturated/α-hetero) is 1. The number of carbonyl (C=O) groups is 3. The molecular weight excluding hydrogens is 331 g/mol. The monoisotopic (exact) mass is 347 g/mol. The zero-order chi connectivity index (χ0) is 18.3. The number of hydrogen-bond donors (Lipinski definition) is 1. The summed E-state index contributed by atoms with van der Waals surface area (Å²) >= 11 is 0. The van der Waals surface area contributed by atoms with Crippen molar-refractivity contribution in [1.29, 1.82) is 0 Å². The second-order valence-corrected chi connectivity index (χ2v) is 4.81. The molecule has 6 nitrogen and oxygen atoms in total. The number of esters is 1. The predicted molar refractivity (Wildman–Crippen MR) is 76.7 cm³/mol. The fourth-order valence-electron chi connectivity index (χ4n) is 1.74. The second kappa shape index (κ2) is 8.32. The molecule has 1 N–H and O–H groups in total. The van der Waals surface area contributed by atoms with Gasteiger partial charge in [0, 0.05) is 11.1 Å². The molecule has 0 unspecified atom stereocenters. The maximum atomic E-state index is 11.9. The quantitative estimate of drug-likeness (QED) is 0.599. The summed E-state index contributed by atoms with van der Waals surface area (Å²) in [5, 5.41) is 1.58. The molecule has 0 saturated carbocycles. The molecule has 1 aromatic carbocycles. The van der Waals surface area contributed by atoms with E-state index in [-0.39, 0.29) is 12.2 Å². The number of methoxy groups -OCH3 is 1. The van der Waals surface area contributed by atoms with Gasteiger partial charge >= 0.3 is 12.1 Å². The Morgan fingerprint density at radius 3 is 2.42 bits per heavy atom. The van der Waals surface area contributed by atoms with Crippen LogP contribution < -0.4 is 10.1 Å². The average molecular weight is 347 g/mol. The molecule has 132 valence electrons. The summed E-state index contributed by atoms with van der Waals surface area (Å²) in [6.07, 6.45) is -4.84. The number of benzene rings is 1. The molecule has 1 aromatic rings. The lowest BCUT2D eigenvalue weighted by atomic mass is 10.0. The number of alkyl halides is 3. The third kappa shape index (κ3) is 6.67. The van der Waals surface area contributed by atoms with Crippen LogP contribution in [0.2, 0.25) is 0 Å². The molecule has 0 saturated heterocycles. The van der Waals surface area contributed by atoms with Gasteiger partial charge in [0.15, 0.2) is 12.4 Å². The van der Waals surface area contributed by atoms with Crippen molar-refractivity contribution in [3.63, 3.8) is 0 Å². The van der Waals surface area contributed by atoms with Crippen molar-refractivity contribution < 1.29 is 37.0 Å². The highest BCUT2D eigenvalue weighted by Crippen LogP contribution is 2.21. The highest BCUT2D eigenvalue weighted by molar-refractivity contribution is 5.94. The molecule has 0 spiro atoms. The van der Waals surface area contributed by atoms with E-state index in [0.717, 1.165) is 0 Å². The Hall–Kier alpha value is -2.58. The highest BCUT2D eigenvalue weighted by Gasteiger charge is 2.27. The van der Waals surface area contributed by atoms with Gasteiger partial charge in [-0.2, -0.15) is 13.2 Å². The minimum Gasteiger partial charge on any atom is -0.496 e. The van der Waals surface area contributed by atoms with Crippen LogP contribution in [0.3, 0.4) is 0 Å². The molecule has 0 aromatic heterocycles. The van der Waals surface area contributed by atoms with Gasteiger partial charge in [-0.15, -0.1) is 0 Å². The molecule has 9 heteroatoms. The van der Waals surface area contributed by atoms with E-state index in [0.29, 0.717) is 16.9 Å². The number of amides is 1. The Bertz CT molecular complexity index is 628.